The number of carbonyl (C=O) groups excluding carboxylic acids is 1. The first-order valence-electron chi connectivity index (χ1n) is 7.78. The first-order valence-corrected chi connectivity index (χ1v) is 7.78. The summed E-state index contributed by atoms with van der Waals surface area (Å²) in [7, 11) is 1.39. The van der Waals surface area contributed by atoms with Gasteiger partial charge in [-0.15, -0.1) is 0 Å². The lowest BCUT2D eigenvalue weighted by atomic mass is 10.2. The summed E-state index contributed by atoms with van der Waals surface area (Å²) < 4.78 is 4.96. The van der Waals surface area contributed by atoms with E-state index in [4.69, 9.17) is 4.74 Å². The molecule has 0 fully saturated rings. The van der Waals surface area contributed by atoms with Crippen molar-refractivity contribution in [1.82, 2.24) is 15.6 Å². The first kappa shape index (κ1) is 18.3. The summed E-state index contributed by atoms with van der Waals surface area (Å²) in [5.41, 5.74) is 1.62. The summed E-state index contributed by atoms with van der Waals surface area (Å²) in [5.74, 6) is 0.153. The molecular weight excluding hydrogens is 324 g/mol. The molecule has 0 aliphatic carbocycles. The molecule has 1 amide bonds. The molecule has 25 heavy (non-hydrogen) atoms. The number of aromatic nitrogens is 1. The number of nitro benzene ring substituents is 1. The zero-order chi connectivity index (χ0) is 18.1. The standard InChI is InChI=1S/C17H20N4O4/c1-25-16-5-4-13(9-15(16)21(23)24)10-19-8-6-17(22)20-12-14-3-2-7-18-11-14/h2-5,7,9,11,19H,6,8,10,12H2,1H3,(H,20,22). The normalized spacial score (nSPS) is 10.3. The van der Waals surface area contributed by atoms with Gasteiger partial charge in [-0.3, -0.25) is 19.9 Å². The molecule has 0 saturated carbocycles. The second-order valence-corrected chi connectivity index (χ2v) is 5.33. The number of hydrogen-bond acceptors (Lipinski definition) is 6. The van der Waals surface area contributed by atoms with E-state index in [9.17, 15) is 14.9 Å². The van der Waals surface area contributed by atoms with Crippen molar-refractivity contribution in [2.24, 2.45) is 0 Å². The fourth-order valence-corrected chi connectivity index (χ4v) is 2.21. The lowest BCUT2D eigenvalue weighted by Crippen LogP contribution is -2.27. The molecule has 0 atom stereocenters. The van der Waals surface area contributed by atoms with Gasteiger partial charge in [-0.1, -0.05) is 12.1 Å². The van der Waals surface area contributed by atoms with E-state index in [-0.39, 0.29) is 17.3 Å². The minimum Gasteiger partial charge on any atom is -0.490 e. The van der Waals surface area contributed by atoms with Crippen molar-refractivity contribution in [3.05, 3.63) is 64.0 Å². The average Bonchev–Trinajstić information content (AvgIpc) is 2.64. The van der Waals surface area contributed by atoms with Crippen molar-refractivity contribution >= 4 is 11.6 Å². The Bertz CT molecular complexity index is 722. The zero-order valence-corrected chi connectivity index (χ0v) is 13.9. The highest BCUT2D eigenvalue weighted by atomic mass is 16.6. The molecule has 0 spiro atoms. The number of ether oxygens (including phenoxy) is 1. The predicted molar refractivity (Wildman–Crippen MR) is 92.1 cm³/mol. The number of nitrogens with one attached hydrogen (secondary N) is 2. The SMILES string of the molecule is COc1ccc(CNCCC(=O)NCc2cccnc2)cc1[N+](=O)[O-]. The van der Waals surface area contributed by atoms with Crippen molar-refractivity contribution in [2.75, 3.05) is 13.7 Å². The summed E-state index contributed by atoms with van der Waals surface area (Å²) in [6, 6.07) is 8.49. The monoisotopic (exact) mass is 344 g/mol. The van der Waals surface area contributed by atoms with E-state index < -0.39 is 4.92 Å². The number of benzene rings is 1. The Labute approximate surface area is 145 Å². The Morgan fingerprint density at radius 1 is 1.28 bits per heavy atom. The van der Waals surface area contributed by atoms with Crippen LogP contribution < -0.4 is 15.4 Å². The van der Waals surface area contributed by atoms with E-state index in [1.807, 2.05) is 12.1 Å². The number of rotatable bonds is 9. The molecule has 2 aromatic rings. The minimum atomic E-state index is -0.478. The van der Waals surface area contributed by atoms with Gasteiger partial charge in [-0.2, -0.15) is 0 Å². The average molecular weight is 344 g/mol. The van der Waals surface area contributed by atoms with Gasteiger partial charge in [0.05, 0.1) is 12.0 Å². The Morgan fingerprint density at radius 3 is 2.80 bits per heavy atom. The van der Waals surface area contributed by atoms with Gasteiger partial charge in [-0.05, 0) is 23.3 Å². The van der Waals surface area contributed by atoms with Gasteiger partial charge < -0.3 is 15.4 Å². The second kappa shape index (κ2) is 9.33. The fourth-order valence-electron chi connectivity index (χ4n) is 2.21. The van der Waals surface area contributed by atoms with Crippen LogP contribution in [-0.4, -0.2) is 29.5 Å². The largest absolute Gasteiger partial charge is 0.490 e. The van der Waals surface area contributed by atoms with Crippen LogP contribution in [-0.2, 0) is 17.9 Å². The molecule has 1 heterocycles. The highest BCUT2D eigenvalue weighted by Crippen LogP contribution is 2.27. The van der Waals surface area contributed by atoms with Crippen molar-refractivity contribution in [3.8, 4) is 5.75 Å². The quantitative estimate of drug-likeness (QED) is 0.408. The van der Waals surface area contributed by atoms with Crippen LogP contribution in [0.3, 0.4) is 0 Å². The van der Waals surface area contributed by atoms with Gasteiger partial charge in [0.15, 0.2) is 5.75 Å². The molecule has 8 nitrogen and oxygen atoms in total. The Hall–Kier alpha value is -3.00. The van der Waals surface area contributed by atoms with E-state index >= 15 is 0 Å². The Kier molecular flexibility index (Phi) is 6.85. The number of nitrogens with zero attached hydrogens (tertiary/aromatic N) is 2. The Balaban J connectivity index is 1.73. The zero-order valence-electron chi connectivity index (χ0n) is 13.9. The van der Waals surface area contributed by atoms with E-state index in [2.05, 4.69) is 15.6 Å². The third-order valence-electron chi connectivity index (χ3n) is 3.51. The van der Waals surface area contributed by atoms with Gasteiger partial charge >= 0.3 is 5.69 Å². The molecule has 132 valence electrons. The lowest BCUT2D eigenvalue weighted by Gasteiger charge is -2.08. The van der Waals surface area contributed by atoms with E-state index in [0.29, 0.717) is 26.1 Å². The highest BCUT2D eigenvalue weighted by molar-refractivity contribution is 5.76. The molecule has 0 bridgehead atoms. The summed E-state index contributed by atoms with van der Waals surface area (Å²) in [4.78, 5) is 26.3. The Morgan fingerprint density at radius 2 is 2.12 bits per heavy atom. The summed E-state index contributed by atoms with van der Waals surface area (Å²) in [6.07, 6.45) is 3.70. The van der Waals surface area contributed by atoms with E-state index in [0.717, 1.165) is 11.1 Å². The summed E-state index contributed by atoms with van der Waals surface area (Å²) >= 11 is 0. The van der Waals surface area contributed by atoms with Crippen LogP contribution in [0, 0.1) is 10.1 Å². The molecular formula is C17H20N4O4. The van der Waals surface area contributed by atoms with Crippen LogP contribution in [0.5, 0.6) is 5.75 Å². The number of carbonyl (C=O) groups is 1. The molecule has 0 saturated heterocycles. The molecule has 8 heteroatoms. The molecule has 0 radical (unpaired) electrons. The lowest BCUT2D eigenvalue weighted by molar-refractivity contribution is -0.385. The topological polar surface area (TPSA) is 106 Å². The molecule has 1 aromatic heterocycles. The maximum Gasteiger partial charge on any atom is 0.311 e. The van der Waals surface area contributed by atoms with Crippen molar-refractivity contribution in [2.45, 2.75) is 19.5 Å². The maximum atomic E-state index is 11.8. The highest BCUT2D eigenvalue weighted by Gasteiger charge is 2.14. The molecule has 2 N–H and O–H groups in total. The molecule has 0 unspecified atom stereocenters. The number of methoxy groups -OCH3 is 1. The van der Waals surface area contributed by atoms with Gasteiger partial charge in [-0.25, -0.2) is 0 Å². The number of amides is 1. The summed E-state index contributed by atoms with van der Waals surface area (Å²) in [6.45, 7) is 1.34. The maximum absolute atomic E-state index is 11.8. The fraction of sp³-hybridized carbons (Fsp3) is 0.294. The minimum absolute atomic E-state index is 0.0722. The van der Waals surface area contributed by atoms with E-state index in [1.54, 1.807) is 24.5 Å². The van der Waals surface area contributed by atoms with E-state index in [1.165, 1.54) is 13.2 Å². The van der Waals surface area contributed by atoms with Crippen LogP contribution in [0.1, 0.15) is 17.5 Å². The van der Waals surface area contributed by atoms with Gasteiger partial charge in [0, 0.05) is 44.5 Å². The molecule has 2 rings (SSSR count). The third kappa shape index (κ3) is 5.85. The van der Waals surface area contributed by atoms with Crippen LogP contribution >= 0.6 is 0 Å². The number of hydrogen-bond donors (Lipinski definition) is 2. The van der Waals surface area contributed by atoms with Crippen molar-refractivity contribution in [1.29, 1.82) is 0 Å². The smallest absolute Gasteiger partial charge is 0.311 e. The van der Waals surface area contributed by atoms with Gasteiger partial charge in [0.1, 0.15) is 0 Å². The van der Waals surface area contributed by atoms with Crippen molar-refractivity contribution < 1.29 is 14.5 Å². The van der Waals surface area contributed by atoms with Crippen LogP contribution in [0.15, 0.2) is 42.7 Å². The second-order valence-electron chi connectivity index (χ2n) is 5.33. The molecule has 0 aliphatic rings. The van der Waals surface area contributed by atoms with Crippen molar-refractivity contribution in [3.63, 3.8) is 0 Å². The number of pyridine rings is 1. The number of nitro groups is 1. The van der Waals surface area contributed by atoms with Gasteiger partial charge in [0.25, 0.3) is 0 Å². The molecule has 1 aromatic carbocycles. The molecule has 0 aliphatic heterocycles. The van der Waals surface area contributed by atoms with Crippen LogP contribution in [0.2, 0.25) is 0 Å². The predicted octanol–water partition coefficient (Wildman–Crippen LogP) is 1.79. The van der Waals surface area contributed by atoms with Crippen LogP contribution in [0.4, 0.5) is 5.69 Å². The first-order chi connectivity index (χ1) is 12.1. The van der Waals surface area contributed by atoms with Gasteiger partial charge in [0.2, 0.25) is 5.91 Å². The van der Waals surface area contributed by atoms with Crippen LogP contribution in [0.25, 0.3) is 0 Å². The third-order valence-corrected chi connectivity index (χ3v) is 3.51. The summed E-state index contributed by atoms with van der Waals surface area (Å²) in [5, 5.41) is 16.9.